The molecule has 1 N–H and O–H groups in total. The lowest BCUT2D eigenvalue weighted by atomic mass is 9.45. The van der Waals surface area contributed by atoms with Gasteiger partial charge in [0.1, 0.15) is 6.10 Å². The third-order valence-corrected chi connectivity index (χ3v) is 10.2. The summed E-state index contributed by atoms with van der Waals surface area (Å²) in [5, 5.41) is 11.8. The van der Waals surface area contributed by atoms with Crippen molar-refractivity contribution in [3.05, 3.63) is 36.5 Å². The predicted molar refractivity (Wildman–Crippen MR) is 164 cm³/mol. The van der Waals surface area contributed by atoms with E-state index in [0.717, 1.165) is 31.3 Å². The fourth-order valence-corrected chi connectivity index (χ4v) is 7.65. The Bertz CT molecular complexity index is 1050. The smallest absolute Gasteiger partial charge is 0.306 e. The molecule has 8 atom stereocenters. The average Bonchev–Trinajstić information content (AvgIpc) is 3.23. The highest BCUT2D eigenvalue weighted by molar-refractivity contribution is 5.70. The van der Waals surface area contributed by atoms with Crippen LogP contribution in [0.25, 0.3) is 0 Å². The van der Waals surface area contributed by atoms with Crippen molar-refractivity contribution < 1.29 is 38.4 Å². The van der Waals surface area contributed by atoms with Gasteiger partial charge in [0.15, 0.2) is 0 Å². The van der Waals surface area contributed by atoms with E-state index in [1.165, 1.54) is 46.0 Å². The van der Waals surface area contributed by atoms with Crippen LogP contribution in [0.5, 0.6) is 0 Å². The first kappa shape index (κ1) is 35.0. The molecule has 3 aliphatic rings. The molecule has 0 aromatic carbocycles. The van der Waals surface area contributed by atoms with Gasteiger partial charge >= 0.3 is 17.9 Å². The average molecular weight is 603 g/mol. The molecule has 0 unspecified atom stereocenters. The van der Waals surface area contributed by atoms with Crippen LogP contribution in [0, 0.1) is 22.7 Å². The van der Waals surface area contributed by atoms with E-state index in [9.17, 15) is 19.5 Å². The highest BCUT2D eigenvalue weighted by atomic mass is 16.8. The maximum absolute atomic E-state index is 13.0. The molecule has 1 spiro atoms. The molecule has 0 bridgehead atoms. The number of hydrogen-bond donors (Lipinski definition) is 1. The van der Waals surface area contributed by atoms with Gasteiger partial charge in [0.05, 0.1) is 11.5 Å². The molecule has 0 aromatic rings. The molecule has 8 nitrogen and oxygen atoms in total. The maximum Gasteiger partial charge on any atom is 0.306 e. The van der Waals surface area contributed by atoms with Gasteiger partial charge in [-0.1, -0.05) is 90.5 Å². The van der Waals surface area contributed by atoms with E-state index in [-0.39, 0.29) is 23.2 Å². The maximum atomic E-state index is 13.0. The number of ether oxygens (including phenoxy) is 4. The molecule has 242 valence electrons. The van der Waals surface area contributed by atoms with Crippen molar-refractivity contribution in [1.29, 1.82) is 0 Å². The zero-order valence-electron chi connectivity index (χ0n) is 27.0. The van der Waals surface area contributed by atoms with Gasteiger partial charge in [0, 0.05) is 25.8 Å². The molecule has 2 aliphatic carbocycles. The van der Waals surface area contributed by atoms with Crippen molar-refractivity contribution in [3.63, 3.8) is 0 Å². The Morgan fingerprint density at radius 2 is 1.63 bits per heavy atom. The molecule has 1 aliphatic heterocycles. The Morgan fingerprint density at radius 1 is 1.00 bits per heavy atom. The van der Waals surface area contributed by atoms with E-state index < -0.39 is 42.1 Å². The van der Waals surface area contributed by atoms with Gasteiger partial charge < -0.3 is 19.3 Å². The number of carbonyl (C=O) groups excluding carboxylic acids is 3. The van der Waals surface area contributed by atoms with E-state index in [0.29, 0.717) is 31.3 Å². The van der Waals surface area contributed by atoms with E-state index in [1.807, 2.05) is 0 Å². The summed E-state index contributed by atoms with van der Waals surface area (Å²) in [6.07, 6.45) is 11.3. The van der Waals surface area contributed by atoms with E-state index in [4.69, 9.17) is 18.9 Å². The summed E-state index contributed by atoms with van der Waals surface area (Å²) >= 11 is 0. The molecule has 43 heavy (non-hydrogen) atoms. The Hall–Kier alpha value is -2.45. The number of allylic oxidation sites excluding steroid dienone is 2. The monoisotopic (exact) mass is 602 g/mol. The topological polar surface area (TPSA) is 108 Å². The second-order valence-electron chi connectivity index (χ2n) is 13.1. The Morgan fingerprint density at radius 3 is 2.23 bits per heavy atom. The summed E-state index contributed by atoms with van der Waals surface area (Å²) in [7, 11) is 0. The van der Waals surface area contributed by atoms with Gasteiger partial charge in [-0.25, -0.2) is 0 Å². The second-order valence-corrected chi connectivity index (χ2v) is 13.1. The van der Waals surface area contributed by atoms with Crippen LogP contribution in [-0.4, -0.2) is 47.8 Å². The molecule has 0 amide bonds. The van der Waals surface area contributed by atoms with Crippen LogP contribution in [0.3, 0.4) is 0 Å². The Labute approximate surface area is 258 Å². The van der Waals surface area contributed by atoms with Gasteiger partial charge in [0.25, 0.3) is 0 Å². The van der Waals surface area contributed by atoms with Gasteiger partial charge in [-0.3, -0.25) is 19.1 Å². The first-order valence-corrected chi connectivity index (χ1v) is 16.3. The van der Waals surface area contributed by atoms with Crippen LogP contribution in [0.1, 0.15) is 118 Å². The van der Waals surface area contributed by atoms with Crippen molar-refractivity contribution >= 4 is 17.9 Å². The lowest BCUT2D eigenvalue weighted by Gasteiger charge is -2.60. The molecule has 0 radical (unpaired) electrons. The SMILES string of the molecule is C=CC(=C)CC[C@]1(C)[C@H]2C[C@H](OC(=O)CCCCCCCCCC)C=C3[C@H](OC(C)=O)O[C@H](OC(C)=O)[C@@]32[C@H](O)C[C@@H]1C. The van der Waals surface area contributed by atoms with E-state index in [2.05, 4.69) is 33.9 Å². The minimum Gasteiger partial charge on any atom is -0.458 e. The lowest BCUT2D eigenvalue weighted by Crippen LogP contribution is -2.63. The molecule has 8 heteroatoms. The standard InChI is InChI=1S/C35H54O8/c1-8-10-11-12-13-14-15-16-17-31(39)42-27-21-28-32(40-25(5)36)43-33(41-26(6)37)35(28)29(22-27)34(7,19-18-23(3)9-2)24(4)20-30(35)38/h9,21,24,27,29-30,32-33,38H,2-3,8,10-20,22H2,1,4-7H3/t24-,27+,29+,30+,32+,33-,34-,35-/m0/s1. The van der Waals surface area contributed by atoms with Crippen molar-refractivity contribution in [3.8, 4) is 0 Å². The Kier molecular flexibility index (Phi) is 12.6. The Balaban J connectivity index is 1.91. The summed E-state index contributed by atoms with van der Waals surface area (Å²) in [6, 6.07) is 0. The highest BCUT2D eigenvalue weighted by Gasteiger charge is 2.71. The highest BCUT2D eigenvalue weighted by Crippen LogP contribution is 2.67. The van der Waals surface area contributed by atoms with Crippen molar-refractivity contribution in [2.75, 3.05) is 0 Å². The first-order chi connectivity index (χ1) is 20.4. The summed E-state index contributed by atoms with van der Waals surface area (Å²) < 4.78 is 23.5. The molecule has 3 rings (SSSR count). The van der Waals surface area contributed by atoms with Crippen LogP contribution in [0.4, 0.5) is 0 Å². The number of carbonyl (C=O) groups is 3. The summed E-state index contributed by atoms with van der Waals surface area (Å²) in [6.45, 7) is 17.0. The third kappa shape index (κ3) is 7.99. The molecular weight excluding hydrogens is 548 g/mol. The van der Waals surface area contributed by atoms with Crippen LogP contribution in [0.15, 0.2) is 36.5 Å². The second kappa shape index (κ2) is 15.5. The van der Waals surface area contributed by atoms with Crippen LogP contribution in [-0.2, 0) is 33.3 Å². The summed E-state index contributed by atoms with van der Waals surface area (Å²) in [5.41, 5.74) is -0.141. The number of rotatable bonds is 16. The zero-order valence-corrected chi connectivity index (χ0v) is 27.0. The normalized spacial score (nSPS) is 33.0. The number of aliphatic hydroxyl groups is 1. The molecular formula is C35H54O8. The van der Waals surface area contributed by atoms with Crippen molar-refractivity contribution in [2.24, 2.45) is 22.7 Å². The van der Waals surface area contributed by atoms with E-state index >= 15 is 0 Å². The predicted octanol–water partition coefficient (Wildman–Crippen LogP) is 7.10. The third-order valence-electron chi connectivity index (χ3n) is 10.2. The number of hydrogen-bond acceptors (Lipinski definition) is 8. The molecule has 2 fully saturated rings. The van der Waals surface area contributed by atoms with Gasteiger partial charge in [-0.2, -0.15) is 0 Å². The van der Waals surface area contributed by atoms with Crippen LogP contribution < -0.4 is 0 Å². The molecule has 1 heterocycles. The summed E-state index contributed by atoms with van der Waals surface area (Å²) in [4.78, 5) is 37.5. The molecule has 0 aromatic heterocycles. The first-order valence-electron chi connectivity index (χ1n) is 16.3. The lowest BCUT2D eigenvalue weighted by molar-refractivity contribution is -0.254. The van der Waals surface area contributed by atoms with Crippen LogP contribution in [0.2, 0.25) is 0 Å². The van der Waals surface area contributed by atoms with Gasteiger partial charge in [0.2, 0.25) is 12.6 Å². The fourth-order valence-electron chi connectivity index (χ4n) is 7.65. The van der Waals surface area contributed by atoms with Gasteiger partial charge in [-0.15, -0.1) is 0 Å². The minimum absolute atomic E-state index is 0.0783. The van der Waals surface area contributed by atoms with E-state index in [1.54, 1.807) is 12.2 Å². The number of aliphatic hydroxyl groups excluding tert-OH is 1. The largest absolute Gasteiger partial charge is 0.458 e. The quantitative estimate of drug-likeness (QED) is 0.0655. The number of unbranched alkanes of at least 4 members (excludes halogenated alkanes) is 7. The van der Waals surface area contributed by atoms with Gasteiger partial charge in [-0.05, 0) is 55.4 Å². The molecule has 1 saturated carbocycles. The van der Waals surface area contributed by atoms with Crippen molar-refractivity contribution in [1.82, 2.24) is 0 Å². The van der Waals surface area contributed by atoms with Crippen LogP contribution >= 0.6 is 0 Å². The molecule has 1 saturated heterocycles. The fraction of sp³-hybridized carbons (Fsp3) is 0.743. The number of esters is 3. The summed E-state index contributed by atoms with van der Waals surface area (Å²) in [5.74, 6) is -1.64. The van der Waals surface area contributed by atoms with Crippen molar-refractivity contribution in [2.45, 2.75) is 143 Å². The zero-order chi connectivity index (χ0) is 31.8. The minimum atomic E-state index is -1.17.